The highest BCUT2D eigenvalue weighted by atomic mass is 16.5. The van der Waals surface area contributed by atoms with Crippen molar-refractivity contribution in [1.29, 1.82) is 0 Å². The van der Waals surface area contributed by atoms with E-state index in [0.717, 1.165) is 46.7 Å². The number of hydrogen-bond donors (Lipinski definition) is 0. The molecule has 4 rings (SSSR count). The smallest absolute Gasteiger partial charge is 0.225 e. The summed E-state index contributed by atoms with van der Waals surface area (Å²) in [5.74, 6) is 2.20. The molecule has 8 nitrogen and oxygen atoms in total. The molecule has 2 aromatic heterocycles. The Hall–Kier alpha value is -3.42. The zero-order chi connectivity index (χ0) is 23.5. The predicted octanol–water partition coefficient (Wildman–Crippen LogP) is 4.12. The van der Waals surface area contributed by atoms with Gasteiger partial charge in [-0.3, -0.25) is 4.79 Å². The summed E-state index contributed by atoms with van der Waals surface area (Å²) in [7, 11) is 5.48. The first-order chi connectivity index (χ1) is 15.9. The number of carbonyl (C=O) groups excluding carboxylic acids is 1. The van der Waals surface area contributed by atoms with Gasteiger partial charge in [-0.15, -0.1) is 0 Å². The second-order valence-corrected chi connectivity index (χ2v) is 8.64. The van der Waals surface area contributed by atoms with Crippen molar-refractivity contribution < 1.29 is 14.1 Å². The van der Waals surface area contributed by atoms with E-state index in [-0.39, 0.29) is 11.9 Å². The van der Waals surface area contributed by atoms with Crippen molar-refractivity contribution >= 4 is 11.9 Å². The lowest BCUT2D eigenvalue weighted by atomic mass is 10.0. The van der Waals surface area contributed by atoms with E-state index in [0.29, 0.717) is 31.1 Å². The molecule has 8 heteroatoms. The molecule has 0 spiro atoms. The van der Waals surface area contributed by atoms with Crippen molar-refractivity contribution in [3.63, 3.8) is 0 Å². The molecular formula is C25H31N5O3. The van der Waals surface area contributed by atoms with Gasteiger partial charge in [-0.1, -0.05) is 23.4 Å². The SMILES string of the molecule is COc1ccccc1CCC(=O)N1CCC[C@@H]1c1nc(N(C)C)ncc1-c1onc(C)c1C. The summed E-state index contributed by atoms with van der Waals surface area (Å²) in [4.78, 5) is 26.5. The Bertz CT molecular complexity index is 1140. The van der Waals surface area contributed by atoms with E-state index in [9.17, 15) is 4.79 Å². The van der Waals surface area contributed by atoms with Gasteiger partial charge in [0.15, 0.2) is 5.76 Å². The first-order valence-electron chi connectivity index (χ1n) is 11.3. The molecule has 1 atom stereocenters. The molecule has 3 heterocycles. The van der Waals surface area contributed by atoms with E-state index in [1.807, 2.05) is 62.0 Å². The van der Waals surface area contributed by atoms with E-state index in [1.54, 1.807) is 13.3 Å². The summed E-state index contributed by atoms with van der Waals surface area (Å²) in [6.45, 7) is 4.61. The Morgan fingerprint density at radius 1 is 1.27 bits per heavy atom. The number of likely N-dealkylation sites (tertiary alicyclic amines) is 1. The normalized spacial score (nSPS) is 15.7. The number of methoxy groups -OCH3 is 1. The van der Waals surface area contributed by atoms with Gasteiger partial charge in [0.25, 0.3) is 0 Å². The summed E-state index contributed by atoms with van der Waals surface area (Å²) in [6, 6.07) is 7.72. The number of hydrogen-bond acceptors (Lipinski definition) is 7. The third-order valence-corrected chi connectivity index (χ3v) is 6.30. The van der Waals surface area contributed by atoms with E-state index < -0.39 is 0 Å². The van der Waals surface area contributed by atoms with Crippen LogP contribution in [0.5, 0.6) is 5.75 Å². The molecule has 0 unspecified atom stereocenters. The molecule has 1 aliphatic rings. The first kappa shape index (κ1) is 22.8. The van der Waals surface area contributed by atoms with Crippen LogP contribution in [-0.4, -0.2) is 53.7 Å². The highest BCUT2D eigenvalue weighted by Crippen LogP contribution is 2.39. The number of ether oxygens (including phenoxy) is 1. The second kappa shape index (κ2) is 9.60. The number of aromatic nitrogens is 3. The van der Waals surface area contributed by atoms with Crippen LogP contribution in [0.3, 0.4) is 0 Å². The number of carbonyl (C=O) groups is 1. The van der Waals surface area contributed by atoms with Gasteiger partial charge in [-0.05, 0) is 44.7 Å². The third kappa shape index (κ3) is 4.55. The largest absolute Gasteiger partial charge is 0.496 e. The maximum atomic E-state index is 13.3. The molecule has 1 aliphatic heterocycles. The standard InChI is InChI=1S/C25H31N5O3/c1-16-17(2)28-33-24(16)19-15-26-25(29(3)4)27-23(19)20-10-8-14-30(20)22(31)13-12-18-9-6-7-11-21(18)32-5/h6-7,9,11,15,20H,8,10,12-14H2,1-5H3/t20-/m1/s1. The number of benzene rings is 1. The maximum Gasteiger partial charge on any atom is 0.225 e. The zero-order valence-corrected chi connectivity index (χ0v) is 20.0. The lowest BCUT2D eigenvalue weighted by Crippen LogP contribution is -2.32. The number of amides is 1. The highest BCUT2D eigenvalue weighted by molar-refractivity contribution is 5.78. The van der Waals surface area contributed by atoms with Gasteiger partial charge in [0.05, 0.1) is 30.1 Å². The van der Waals surface area contributed by atoms with Gasteiger partial charge in [0, 0.05) is 38.8 Å². The first-order valence-corrected chi connectivity index (χ1v) is 11.3. The number of aryl methyl sites for hydroxylation is 2. The van der Waals surface area contributed by atoms with Crippen molar-refractivity contribution in [1.82, 2.24) is 20.0 Å². The van der Waals surface area contributed by atoms with Gasteiger partial charge in [0.2, 0.25) is 11.9 Å². The van der Waals surface area contributed by atoms with E-state index in [2.05, 4.69) is 10.1 Å². The lowest BCUT2D eigenvalue weighted by molar-refractivity contribution is -0.132. The average molecular weight is 450 g/mol. The fourth-order valence-electron chi connectivity index (χ4n) is 4.34. The summed E-state index contributed by atoms with van der Waals surface area (Å²) >= 11 is 0. The average Bonchev–Trinajstić information content (AvgIpc) is 3.44. The Kier molecular flexibility index (Phi) is 6.62. The molecule has 174 valence electrons. The molecule has 1 saturated heterocycles. The van der Waals surface area contributed by atoms with Crippen LogP contribution in [0.15, 0.2) is 35.0 Å². The van der Waals surface area contributed by atoms with Crippen molar-refractivity contribution in [2.75, 3.05) is 32.6 Å². The zero-order valence-electron chi connectivity index (χ0n) is 20.0. The molecule has 0 bridgehead atoms. The number of rotatable bonds is 7. The Labute approximate surface area is 194 Å². The quantitative estimate of drug-likeness (QED) is 0.536. The fourth-order valence-corrected chi connectivity index (χ4v) is 4.34. The monoisotopic (exact) mass is 449 g/mol. The second-order valence-electron chi connectivity index (χ2n) is 8.64. The van der Waals surface area contributed by atoms with Crippen LogP contribution in [0, 0.1) is 13.8 Å². The molecule has 0 saturated carbocycles. The lowest BCUT2D eigenvalue weighted by Gasteiger charge is -2.26. The maximum absolute atomic E-state index is 13.3. The molecule has 0 aliphatic carbocycles. The summed E-state index contributed by atoms with van der Waals surface area (Å²) < 4.78 is 11.1. The Morgan fingerprint density at radius 3 is 2.76 bits per heavy atom. The van der Waals surface area contributed by atoms with Crippen LogP contribution in [-0.2, 0) is 11.2 Å². The van der Waals surface area contributed by atoms with Crippen molar-refractivity contribution in [2.24, 2.45) is 0 Å². The minimum absolute atomic E-state index is 0.116. The van der Waals surface area contributed by atoms with E-state index in [1.165, 1.54) is 0 Å². The minimum atomic E-state index is -0.128. The van der Waals surface area contributed by atoms with Crippen molar-refractivity contribution in [2.45, 2.75) is 45.6 Å². The fraction of sp³-hybridized carbons (Fsp3) is 0.440. The van der Waals surface area contributed by atoms with Gasteiger partial charge >= 0.3 is 0 Å². The summed E-state index contributed by atoms with van der Waals surface area (Å²) in [5, 5.41) is 4.12. The predicted molar refractivity (Wildman–Crippen MR) is 126 cm³/mol. The molecule has 1 fully saturated rings. The number of anilines is 1. The Balaban J connectivity index is 1.63. The van der Waals surface area contributed by atoms with Gasteiger partial charge in [-0.25, -0.2) is 9.97 Å². The molecule has 1 aromatic carbocycles. The van der Waals surface area contributed by atoms with Crippen molar-refractivity contribution in [3.05, 3.63) is 53.0 Å². The van der Waals surface area contributed by atoms with Crippen LogP contribution >= 0.6 is 0 Å². The van der Waals surface area contributed by atoms with Gasteiger partial charge in [0.1, 0.15) is 5.75 Å². The molecular weight excluding hydrogens is 418 g/mol. The van der Waals surface area contributed by atoms with Crippen LogP contribution in [0.2, 0.25) is 0 Å². The summed E-state index contributed by atoms with van der Waals surface area (Å²) in [6.07, 6.45) is 4.62. The van der Waals surface area contributed by atoms with Crippen molar-refractivity contribution in [3.8, 4) is 17.1 Å². The van der Waals surface area contributed by atoms with Gasteiger partial charge < -0.3 is 19.1 Å². The number of para-hydroxylation sites is 1. The van der Waals surface area contributed by atoms with E-state index >= 15 is 0 Å². The van der Waals surface area contributed by atoms with E-state index in [4.69, 9.17) is 14.2 Å². The number of nitrogens with zero attached hydrogens (tertiary/aromatic N) is 5. The topological polar surface area (TPSA) is 84.6 Å². The molecule has 0 N–H and O–H groups in total. The third-order valence-electron chi connectivity index (χ3n) is 6.30. The van der Waals surface area contributed by atoms with Crippen LogP contribution in [0.25, 0.3) is 11.3 Å². The van der Waals surface area contributed by atoms with Crippen LogP contribution < -0.4 is 9.64 Å². The minimum Gasteiger partial charge on any atom is -0.496 e. The molecule has 1 amide bonds. The Morgan fingerprint density at radius 2 is 2.06 bits per heavy atom. The molecule has 33 heavy (non-hydrogen) atoms. The highest BCUT2D eigenvalue weighted by Gasteiger charge is 2.34. The molecule has 3 aromatic rings. The van der Waals surface area contributed by atoms with Gasteiger partial charge in [-0.2, -0.15) is 0 Å². The van der Waals surface area contributed by atoms with Crippen LogP contribution in [0.4, 0.5) is 5.95 Å². The summed E-state index contributed by atoms with van der Waals surface area (Å²) in [5.41, 5.74) is 4.45. The molecule has 0 radical (unpaired) electrons. The van der Waals surface area contributed by atoms with Crippen LogP contribution in [0.1, 0.15) is 47.8 Å².